The highest BCUT2D eigenvalue weighted by atomic mass is 32.1. The van der Waals surface area contributed by atoms with Gasteiger partial charge in [0.25, 0.3) is 0 Å². The molecule has 0 bridgehead atoms. The molecule has 0 spiro atoms. The summed E-state index contributed by atoms with van der Waals surface area (Å²) in [6.45, 7) is 7.82. The first-order valence-corrected chi connectivity index (χ1v) is 9.89. The molecule has 0 saturated carbocycles. The Morgan fingerprint density at radius 1 is 1.00 bits per heavy atom. The Bertz CT molecular complexity index is 672. The standard InChI is InChI=1S/C20H28N4S2/c1-4-6-12-22-19(25)17(14-21)18(16-10-8-15(3)9-11-16)24-20(26)23-13-7-5-2/h8-11H,4-7,12-13H2,1-3H3,(H,22,25)(H2,23,24,26)/b18-17-. The SMILES string of the molecule is CCCCNC(=S)N/C(=C(/C#N)C(=S)NCCCC)c1ccc(C)cc1. The summed E-state index contributed by atoms with van der Waals surface area (Å²) in [5.41, 5.74) is 3.07. The van der Waals surface area contributed by atoms with Crippen molar-refractivity contribution in [3.8, 4) is 6.07 Å². The van der Waals surface area contributed by atoms with Gasteiger partial charge in [0, 0.05) is 13.1 Å². The minimum Gasteiger partial charge on any atom is -0.375 e. The second-order valence-electron chi connectivity index (χ2n) is 6.07. The average Bonchev–Trinajstić information content (AvgIpc) is 2.62. The molecular formula is C20H28N4S2. The van der Waals surface area contributed by atoms with Crippen molar-refractivity contribution in [2.45, 2.75) is 46.5 Å². The van der Waals surface area contributed by atoms with E-state index in [9.17, 15) is 5.26 Å². The molecule has 0 aliphatic carbocycles. The molecule has 0 saturated heterocycles. The van der Waals surface area contributed by atoms with Crippen molar-refractivity contribution in [1.29, 1.82) is 5.26 Å². The first-order chi connectivity index (χ1) is 12.5. The van der Waals surface area contributed by atoms with Crippen LogP contribution in [0.3, 0.4) is 0 Å². The molecule has 3 N–H and O–H groups in total. The normalized spacial score (nSPS) is 11.2. The quantitative estimate of drug-likeness (QED) is 0.255. The van der Waals surface area contributed by atoms with E-state index in [2.05, 4.69) is 35.9 Å². The number of nitrogens with one attached hydrogen (secondary N) is 3. The zero-order valence-electron chi connectivity index (χ0n) is 15.8. The molecule has 0 aromatic heterocycles. The van der Waals surface area contributed by atoms with Crippen molar-refractivity contribution in [2.75, 3.05) is 13.1 Å². The molecule has 1 aromatic carbocycles. The molecule has 0 amide bonds. The Hall–Kier alpha value is -1.97. The van der Waals surface area contributed by atoms with E-state index < -0.39 is 0 Å². The van der Waals surface area contributed by atoms with Crippen molar-refractivity contribution in [3.63, 3.8) is 0 Å². The monoisotopic (exact) mass is 388 g/mol. The van der Waals surface area contributed by atoms with Gasteiger partial charge in [0.05, 0.1) is 5.70 Å². The van der Waals surface area contributed by atoms with E-state index >= 15 is 0 Å². The molecule has 1 rings (SSSR count). The summed E-state index contributed by atoms with van der Waals surface area (Å²) in [4.78, 5) is 0.445. The molecule has 0 unspecified atom stereocenters. The number of nitriles is 1. The molecule has 140 valence electrons. The zero-order valence-corrected chi connectivity index (χ0v) is 17.4. The molecular weight excluding hydrogens is 360 g/mol. The lowest BCUT2D eigenvalue weighted by atomic mass is 10.1. The van der Waals surface area contributed by atoms with Gasteiger partial charge in [0.2, 0.25) is 0 Å². The van der Waals surface area contributed by atoms with E-state index in [1.807, 2.05) is 31.2 Å². The van der Waals surface area contributed by atoms with Crippen LogP contribution < -0.4 is 16.0 Å². The third-order valence-corrected chi connectivity index (χ3v) is 4.39. The fourth-order valence-electron chi connectivity index (χ4n) is 2.22. The lowest BCUT2D eigenvalue weighted by Crippen LogP contribution is -2.36. The molecule has 4 nitrogen and oxygen atoms in total. The van der Waals surface area contributed by atoms with Gasteiger partial charge in [-0.2, -0.15) is 5.26 Å². The van der Waals surface area contributed by atoms with E-state index in [1.165, 1.54) is 0 Å². The summed E-state index contributed by atoms with van der Waals surface area (Å²) in [7, 11) is 0. The predicted molar refractivity (Wildman–Crippen MR) is 118 cm³/mol. The van der Waals surface area contributed by atoms with Gasteiger partial charge in [-0.25, -0.2) is 0 Å². The summed E-state index contributed by atoms with van der Waals surface area (Å²) in [5, 5.41) is 19.8. The number of nitrogens with zero attached hydrogens (tertiary/aromatic N) is 1. The highest BCUT2D eigenvalue weighted by Gasteiger charge is 2.15. The van der Waals surface area contributed by atoms with Crippen LogP contribution in [0.25, 0.3) is 5.70 Å². The lowest BCUT2D eigenvalue weighted by Gasteiger charge is -2.17. The number of rotatable bonds is 9. The number of hydrogen-bond acceptors (Lipinski definition) is 3. The van der Waals surface area contributed by atoms with E-state index in [0.717, 1.165) is 49.9 Å². The van der Waals surface area contributed by atoms with E-state index in [4.69, 9.17) is 24.4 Å². The number of unbranched alkanes of at least 4 members (excludes halogenated alkanes) is 2. The minimum atomic E-state index is 0.402. The first kappa shape index (κ1) is 22.1. The minimum absolute atomic E-state index is 0.402. The van der Waals surface area contributed by atoms with Crippen molar-refractivity contribution in [3.05, 3.63) is 41.0 Å². The fourth-order valence-corrected chi connectivity index (χ4v) is 2.68. The second-order valence-corrected chi connectivity index (χ2v) is 6.89. The van der Waals surface area contributed by atoms with Crippen LogP contribution in [0.15, 0.2) is 29.8 Å². The van der Waals surface area contributed by atoms with E-state index in [-0.39, 0.29) is 0 Å². The molecule has 0 heterocycles. The summed E-state index contributed by atoms with van der Waals surface area (Å²) in [6, 6.07) is 10.2. The largest absolute Gasteiger partial charge is 0.375 e. The highest BCUT2D eigenvalue weighted by molar-refractivity contribution is 7.81. The van der Waals surface area contributed by atoms with Crippen molar-refractivity contribution >= 4 is 40.2 Å². The maximum Gasteiger partial charge on any atom is 0.170 e. The summed E-state index contributed by atoms with van der Waals surface area (Å²) < 4.78 is 0. The van der Waals surface area contributed by atoms with Crippen LogP contribution in [0.1, 0.15) is 50.7 Å². The van der Waals surface area contributed by atoms with Crippen LogP contribution in [-0.4, -0.2) is 23.2 Å². The van der Waals surface area contributed by atoms with Crippen LogP contribution in [0.5, 0.6) is 0 Å². The maximum atomic E-state index is 9.73. The molecule has 1 aromatic rings. The van der Waals surface area contributed by atoms with Crippen molar-refractivity contribution in [1.82, 2.24) is 16.0 Å². The Morgan fingerprint density at radius 2 is 1.58 bits per heavy atom. The Morgan fingerprint density at radius 3 is 2.12 bits per heavy atom. The first-order valence-electron chi connectivity index (χ1n) is 9.07. The Kier molecular flexibility index (Phi) is 10.5. The van der Waals surface area contributed by atoms with Crippen LogP contribution in [-0.2, 0) is 0 Å². The fraction of sp³-hybridized carbons (Fsp3) is 0.450. The Balaban J connectivity index is 3.11. The van der Waals surface area contributed by atoms with Crippen LogP contribution in [0.2, 0.25) is 0 Å². The topological polar surface area (TPSA) is 59.9 Å². The van der Waals surface area contributed by atoms with Crippen molar-refractivity contribution < 1.29 is 0 Å². The molecule has 26 heavy (non-hydrogen) atoms. The van der Waals surface area contributed by atoms with Crippen LogP contribution in [0, 0.1) is 18.3 Å². The molecule has 0 aliphatic heterocycles. The number of benzene rings is 1. The van der Waals surface area contributed by atoms with E-state index in [0.29, 0.717) is 21.4 Å². The van der Waals surface area contributed by atoms with Gasteiger partial charge in [-0.3, -0.25) is 0 Å². The smallest absolute Gasteiger partial charge is 0.170 e. The maximum absolute atomic E-state index is 9.73. The van der Waals surface area contributed by atoms with Gasteiger partial charge < -0.3 is 16.0 Å². The number of aryl methyl sites for hydroxylation is 1. The Labute approximate surface area is 168 Å². The molecule has 0 atom stereocenters. The third kappa shape index (κ3) is 7.51. The molecule has 0 fully saturated rings. The summed E-state index contributed by atoms with van der Waals surface area (Å²) in [6.07, 6.45) is 4.19. The highest BCUT2D eigenvalue weighted by Crippen LogP contribution is 2.18. The number of thiocarbonyl (C=S) groups is 2. The van der Waals surface area contributed by atoms with Gasteiger partial charge in [0.15, 0.2) is 5.11 Å². The summed E-state index contributed by atoms with van der Waals surface area (Å²) in [5.74, 6) is 0. The van der Waals surface area contributed by atoms with Crippen LogP contribution in [0.4, 0.5) is 0 Å². The van der Waals surface area contributed by atoms with E-state index in [1.54, 1.807) is 0 Å². The van der Waals surface area contributed by atoms with Gasteiger partial charge >= 0.3 is 0 Å². The molecule has 0 radical (unpaired) electrons. The van der Waals surface area contributed by atoms with Crippen molar-refractivity contribution in [2.24, 2.45) is 0 Å². The number of hydrogen-bond donors (Lipinski definition) is 3. The molecule has 6 heteroatoms. The lowest BCUT2D eigenvalue weighted by molar-refractivity contribution is 0.752. The second kappa shape index (κ2) is 12.4. The summed E-state index contributed by atoms with van der Waals surface area (Å²) >= 11 is 10.9. The van der Waals surface area contributed by atoms with Gasteiger partial charge in [0.1, 0.15) is 16.6 Å². The van der Waals surface area contributed by atoms with Gasteiger partial charge in [-0.1, -0.05) is 68.7 Å². The average molecular weight is 389 g/mol. The van der Waals surface area contributed by atoms with Gasteiger partial charge in [-0.05, 0) is 37.5 Å². The zero-order chi connectivity index (χ0) is 19.4. The predicted octanol–water partition coefficient (Wildman–Crippen LogP) is 4.21. The van der Waals surface area contributed by atoms with Gasteiger partial charge in [-0.15, -0.1) is 0 Å². The third-order valence-electron chi connectivity index (χ3n) is 3.80. The molecule has 0 aliphatic rings. The van der Waals surface area contributed by atoms with Crippen LogP contribution >= 0.6 is 24.4 Å².